The monoisotopic (exact) mass is 379 g/mol. The number of fused-ring (bicyclic) bond motifs is 2. The lowest BCUT2D eigenvalue weighted by Gasteiger charge is -2.39. The molecule has 3 amide bonds. The Morgan fingerprint density at radius 1 is 1.33 bits per heavy atom. The predicted octanol–water partition coefficient (Wildman–Crippen LogP) is 0.652. The first-order valence-corrected chi connectivity index (χ1v) is 9.66. The van der Waals surface area contributed by atoms with E-state index in [0.29, 0.717) is 25.9 Å². The number of carbonyl (C=O) groups is 3. The molecular weight excluding hydrogens is 350 g/mol. The zero-order valence-corrected chi connectivity index (χ0v) is 16.0. The number of aliphatic hydroxyl groups excluding tert-OH is 1. The van der Waals surface area contributed by atoms with Crippen molar-refractivity contribution in [3.8, 4) is 0 Å². The fraction of sp³-hybridized carbons (Fsp3) is 0.737. The van der Waals surface area contributed by atoms with Gasteiger partial charge in [0.25, 0.3) is 0 Å². The number of hydrogen-bond donors (Lipinski definition) is 2. The smallest absolute Gasteiger partial charge is 0.332 e. The maximum absolute atomic E-state index is 13.0. The number of aliphatic hydroxyl groups is 1. The lowest BCUT2D eigenvalue weighted by molar-refractivity contribution is -0.147. The molecule has 2 N–H and O–H groups in total. The molecule has 0 radical (unpaired) electrons. The second-order valence-electron chi connectivity index (χ2n) is 7.78. The lowest BCUT2D eigenvalue weighted by atomic mass is 9.98. The number of rotatable bonds is 1. The summed E-state index contributed by atoms with van der Waals surface area (Å²) in [5.41, 5.74) is -1.06. The molecule has 0 aromatic rings. The molecule has 4 atom stereocenters. The molecule has 150 valence electrons. The normalized spacial score (nSPS) is 36.0. The standard InChI is InChI=1S/C19H29N3O5/c1-21-9-6-4-3-5-7-13-12-19(13,17(25)27-2)20-16(24)15-11-14(23)8-10-22(15)18(21)26/h5,7,13-15,23H,3-4,6,8-12H2,1-2H3,(H,20,24)/b7-5-/t13-,14-,15+,19-/m1/s1. The maximum Gasteiger partial charge on any atom is 0.332 e. The second-order valence-corrected chi connectivity index (χ2v) is 7.78. The van der Waals surface area contributed by atoms with E-state index < -0.39 is 29.6 Å². The van der Waals surface area contributed by atoms with E-state index in [0.717, 1.165) is 19.3 Å². The highest BCUT2D eigenvalue weighted by Gasteiger charge is 2.61. The van der Waals surface area contributed by atoms with Crippen LogP contribution in [0.3, 0.4) is 0 Å². The Balaban J connectivity index is 1.87. The van der Waals surface area contributed by atoms with Gasteiger partial charge in [-0.2, -0.15) is 0 Å². The van der Waals surface area contributed by atoms with E-state index >= 15 is 0 Å². The van der Waals surface area contributed by atoms with E-state index in [9.17, 15) is 19.5 Å². The van der Waals surface area contributed by atoms with Crippen LogP contribution in [0.25, 0.3) is 0 Å². The first kappa shape index (κ1) is 19.7. The van der Waals surface area contributed by atoms with Crippen molar-refractivity contribution in [1.82, 2.24) is 15.1 Å². The Bertz CT molecular complexity index is 637. The number of ether oxygens (including phenoxy) is 1. The maximum atomic E-state index is 13.0. The summed E-state index contributed by atoms with van der Waals surface area (Å²) in [6.45, 7) is 0.937. The number of carbonyl (C=O) groups excluding carboxylic acids is 3. The van der Waals surface area contributed by atoms with E-state index in [2.05, 4.69) is 5.32 Å². The Hall–Kier alpha value is -2.09. The summed E-state index contributed by atoms with van der Waals surface area (Å²) >= 11 is 0. The van der Waals surface area contributed by atoms with Crippen LogP contribution in [0, 0.1) is 5.92 Å². The molecule has 1 saturated heterocycles. The van der Waals surface area contributed by atoms with Gasteiger partial charge in [0.2, 0.25) is 5.91 Å². The van der Waals surface area contributed by atoms with Gasteiger partial charge in [0.1, 0.15) is 11.6 Å². The fourth-order valence-electron chi connectivity index (χ4n) is 4.05. The van der Waals surface area contributed by atoms with Crippen molar-refractivity contribution < 1.29 is 24.2 Å². The van der Waals surface area contributed by atoms with Gasteiger partial charge >= 0.3 is 12.0 Å². The lowest BCUT2D eigenvalue weighted by Crippen LogP contribution is -2.60. The Labute approximate surface area is 159 Å². The van der Waals surface area contributed by atoms with Crippen molar-refractivity contribution in [3.05, 3.63) is 12.2 Å². The highest BCUT2D eigenvalue weighted by Crippen LogP contribution is 2.46. The van der Waals surface area contributed by atoms with E-state index in [1.807, 2.05) is 12.2 Å². The molecule has 3 rings (SSSR count). The van der Waals surface area contributed by atoms with Gasteiger partial charge in [0.05, 0.1) is 13.2 Å². The van der Waals surface area contributed by atoms with Crippen LogP contribution in [-0.2, 0) is 14.3 Å². The number of amides is 3. The molecule has 2 fully saturated rings. The van der Waals surface area contributed by atoms with E-state index in [4.69, 9.17) is 4.74 Å². The molecule has 8 heteroatoms. The molecule has 2 heterocycles. The molecule has 0 bridgehead atoms. The van der Waals surface area contributed by atoms with Crippen LogP contribution in [0.15, 0.2) is 12.2 Å². The summed E-state index contributed by atoms with van der Waals surface area (Å²) in [6, 6.07) is -1.01. The molecule has 1 aliphatic carbocycles. The summed E-state index contributed by atoms with van der Waals surface area (Å²) < 4.78 is 4.92. The molecule has 0 aromatic heterocycles. The molecular formula is C19H29N3O5. The van der Waals surface area contributed by atoms with Crippen molar-refractivity contribution in [3.63, 3.8) is 0 Å². The van der Waals surface area contributed by atoms with Gasteiger partial charge in [0, 0.05) is 32.5 Å². The zero-order chi connectivity index (χ0) is 19.6. The number of piperidine rings is 1. The Kier molecular flexibility index (Phi) is 5.74. The first-order valence-electron chi connectivity index (χ1n) is 9.66. The number of nitrogens with one attached hydrogen (secondary N) is 1. The minimum absolute atomic E-state index is 0.0998. The Morgan fingerprint density at radius 3 is 2.85 bits per heavy atom. The summed E-state index contributed by atoms with van der Waals surface area (Å²) in [7, 11) is 3.04. The van der Waals surface area contributed by atoms with Crippen LogP contribution in [0.2, 0.25) is 0 Å². The van der Waals surface area contributed by atoms with Crippen LogP contribution < -0.4 is 5.32 Å². The number of urea groups is 1. The molecule has 1 saturated carbocycles. The molecule has 0 unspecified atom stereocenters. The largest absolute Gasteiger partial charge is 0.467 e. The molecule has 0 aromatic carbocycles. The summed E-state index contributed by atoms with van der Waals surface area (Å²) in [4.78, 5) is 41.4. The van der Waals surface area contributed by atoms with Crippen molar-refractivity contribution in [2.24, 2.45) is 5.92 Å². The molecule has 3 aliphatic rings. The third kappa shape index (κ3) is 3.95. The minimum Gasteiger partial charge on any atom is -0.467 e. The summed E-state index contributed by atoms with van der Waals surface area (Å²) in [5.74, 6) is -0.977. The van der Waals surface area contributed by atoms with Crippen LogP contribution in [0.5, 0.6) is 0 Å². The van der Waals surface area contributed by atoms with Crippen molar-refractivity contribution >= 4 is 17.9 Å². The average Bonchev–Trinajstić information content (AvgIpc) is 3.35. The molecule has 2 aliphatic heterocycles. The molecule has 0 spiro atoms. The van der Waals surface area contributed by atoms with E-state index in [1.165, 1.54) is 12.0 Å². The van der Waals surface area contributed by atoms with Crippen molar-refractivity contribution in [2.45, 2.75) is 56.2 Å². The number of hydrogen-bond acceptors (Lipinski definition) is 5. The second kappa shape index (κ2) is 7.88. The third-order valence-electron chi connectivity index (χ3n) is 5.84. The molecule has 8 nitrogen and oxygen atoms in total. The van der Waals surface area contributed by atoms with Gasteiger partial charge in [-0.15, -0.1) is 0 Å². The van der Waals surface area contributed by atoms with Gasteiger partial charge in [-0.3, -0.25) is 4.79 Å². The minimum atomic E-state index is -1.06. The zero-order valence-electron chi connectivity index (χ0n) is 16.0. The van der Waals surface area contributed by atoms with Crippen molar-refractivity contribution in [1.29, 1.82) is 0 Å². The van der Waals surface area contributed by atoms with Gasteiger partial charge in [-0.25, -0.2) is 9.59 Å². The van der Waals surface area contributed by atoms with Gasteiger partial charge in [-0.05, 0) is 32.1 Å². The highest BCUT2D eigenvalue weighted by molar-refractivity contribution is 5.95. The van der Waals surface area contributed by atoms with Gasteiger partial charge in [0.15, 0.2) is 0 Å². The number of nitrogens with zero attached hydrogens (tertiary/aromatic N) is 2. The first-order chi connectivity index (χ1) is 12.9. The number of allylic oxidation sites excluding steroid dienone is 1. The number of esters is 1. The van der Waals surface area contributed by atoms with Crippen molar-refractivity contribution in [2.75, 3.05) is 27.2 Å². The summed E-state index contributed by atoms with van der Waals surface area (Å²) in [5, 5.41) is 12.9. The quantitative estimate of drug-likeness (QED) is 0.515. The summed E-state index contributed by atoms with van der Waals surface area (Å²) in [6.07, 6.45) is 7.15. The Morgan fingerprint density at radius 2 is 2.11 bits per heavy atom. The SMILES string of the molecule is COC(=O)[C@@]12C[C@H]1/C=C\CCCCN(C)C(=O)N1CC[C@@H](O)C[C@H]1C(=O)N2. The third-order valence-corrected chi connectivity index (χ3v) is 5.84. The predicted molar refractivity (Wildman–Crippen MR) is 97.7 cm³/mol. The van der Waals surface area contributed by atoms with Gasteiger partial charge in [-0.1, -0.05) is 12.2 Å². The van der Waals surface area contributed by atoms with Crippen LogP contribution in [0.4, 0.5) is 4.79 Å². The van der Waals surface area contributed by atoms with E-state index in [1.54, 1.807) is 11.9 Å². The van der Waals surface area contributed by atoms with Gasteiger partial charge < -0.3 is 25.0 Å². The topological polar surface area (TPSA) is 99.2 Å². The fourth-order valence-corrected chi connectivity index (χ4v) is 4.05. The van der Waals surface area contributed by atoms with Crippen LogP contribution in [0.1, 0.15) is 38.5 Å². The van der Waals surface area contributed by atoms with E-state index in [-0.39, 0.29) is 18.4 Å². The van der Waals surface area contributed by atoms with Crippen LogP contribution >= 0.6 is 0 Å². The average molecular weight is 379 g/mol. The van der Waals surface area contributed by atoms with Crippen LogP contribution in [-0.4, -0.2) is 77.7 Å². The molecule has 27 heavy (non-hydrogen) atoms. The number of methoxy groups -OCH3 is 1. The highest BCUT2D eigenvalue weighted by atomic mass is 16.5.